The Kier molecular flexibility index (Phi) is 2.80. The highest BCUT2D eigenvalue weighted by Crippen LogP contribution is 2.50. The molecule has 1 atom stereocenters. The number of pyridine rings is 1. The predicted octanol–water partition coefficient (Wildman–Crippen LogP) is 2.01. The third-order valence-electron chi connectivity index (χ3n) is 2.87. The summed E-state index contributed by atoms with van der Waals surface area (Å²) in [5.74, 6) is -0.0304. The second kappa shape index (κ2) is 3.97. The summed E-state index contributed by atoms with van der Waals surface area (Å²) in [6, 6.07) is 3.51. The van der Waals surface area contributed by atoms with Crippen molar-refractivity contribution in [2.75, 3.05) is 5.73 Å². The van der Waals surface area contributed by atoms with Crippen molar-refractivity contribution in [1.82, 2.24) is 4.98 Å². The minimum atomic E-state index is -0.753. The molecule has 0 bridgehead atoms. The molecule has 1 aromatic heterocycles. The van der Waals surface area contributed by atoms with Gasteiger partial charge in [-0.3, -0.25) is 4.79 Å². The zero-order chi connectivity index (χ0) is 11.8. The molecule has 1 aliphatic carbocycles. The van der Waals surface area contributed by atoms with E-state index in [1.807, 2.05) is 6.07 Å². The lowest BCUT2D eigenvalue weighted by molar-refractivity contribution is -0.139. The number of nitrogens with zero attached hydrogens (tertiary/aromatic N) is 1. The summed E-state index contributed by atoms with van der Waals surface area (Å²) in [5, 5.41) is 9.29. The van der Waals surface area contributed by atoms with E-state index in [0.717, 1.165) is 17.7 Å². The minimum absolute atomic E-state index is 0.271. The maximum atomic E-state index is 11.3. The molecule has 2 rings (SSSR count). The lowest BCUT2D eigenvalue weighted by Crippen LogP contribution is -2.33. The summed E-state index contributed by atoms with van der Waals surface area (Å²) < 4.78 is -0.738. The molecule has 0 saturated heterocycles. The van der Waals surface area contributed by atoms with Gasteiger partial charge in [0.2, 0.25) is 0 Å². The van der Waals surface area contributed by atoms with E-state index in [4.69, 9.17) is 5.73 Å². The van der Waals surface area contributed by atoms with Crippen molar-refractivity contribution in [3.05, 3.63) is 18.3 Å². The molecule has 1 aromatic rings. The first-order valence-electron chi connectivity index (χ1n) is 5.16. The summed E-state index contributed by atoms with van der Waals surface area (Å²) in [4.78, 5) is 16.1. The number of nitrogen functional groups attached to an aromatic ring is 1. The quantitative estimate of drug-likeness (QED) is 0.785. The van der Waals surface area contributed by atoms with E-state index < -0.39 is 10.7 Å². The second-order valence-electron chi connectivity index (χ2n) is 4.21. The molecule has 1 saturated carbocycles. The van der Waals surface area contributed by atoms with Crippen molar-refractivity contribution in [3.8, 4) is 0 Å². The maximum absolute atomic E-state index is 11.3. The van der Waals surface area contributed by atoms with Gasteiger partial charge in [-0.1, -0.05) is 0 Å². The second-order valence-corrected chi connectivity index (χ2v) is 5.73. The Morgan fingerprint density at radius 1 is 1.62 bits per heavy atom. The van der Waals surface area contributed by atoms with Crippen LogP contribution in [0.4, 0.5) is 5.82 Å². The molecule has 3 N–H and O–H groups in total. The van der Waals surface area contributed by atoms with Crippen molar-refractivity contribution in [2.24, 2.45) is 5.92 Å². The highest BCUT2D eigenvalue weighted by atomic mass is 32.2. The molecule has 0 amide bonds. The SMILES string of the molecule is CC(Sc1ccc(N)nc1)(C(=O)O)C1CC1. The van der Waals surface area contributed by atoms with Gasteiger partial charge in [-0.25, -0.2) is 4.98 Å². The molecule has 1 unspecified atom stereocenters. The van der Waals surface area contributed by atoms with Crippen LogP contribution in [-0.4, -0.2) is 20.8 Å². The van der Waals surface area contributed by atoms with Crippen LogP contribution in [0.15, 0.2) is 23.2 Å². The van der Waals surface area contributed by atoms with Gasteiger partial charge in [0.1, 0.15) is 10.6 Å². The van der Waals surface area contributed by atoms with Crippen molar-refractivity contribution in [1.29, 1.82) is 0 Å². The van der Waals surface area contributed by atoms with E-state index in [2.05, 4.69) is 4.98 Å². The van der Waals surface area contributed by atoms with E-state index in [1.165, 1.54) is 11.8 Å². The van der Waals surface area contributed by atoms with Gasteiger partial charge < -0.3 is 10.8 Å². The standard InChI is InChI=1S/C11H14N2O2S/c1-11(10(14)15,7-2-3-7)16-8-4-5-9(12)13-6-8/h4-7H,2-3H2,1H3,(H2,12,13)(H,14,15). The topological polar surface area (TPSA) is 76.2 Å². The fourth-order valence-electron chi connectivity index (χ4n) is 1.63. The smallest absolute Gasteiger partial charge is 0.320 e. The third kappa shape index (κ3) is 2.14. The molecule has 16 heavy (non-hydrogen) atoms. The number of rotatable bonds is 4. The molecule has 86 valence electrons. The average molecular weight is 238 g/mol. The molecule has 0 aliphatic heterocycles. The van der Waals surface area contributed by atoms with Crippen LogP contribution in [0.25, 0.3) is 0 Å². The number of hydrogen-bond acceptors (Lipinski definition) is 4. The van der Waals surface area contributed by atoms with Gasteiger partial charge in [0.05, 0.1) is 0 Å². The van der Waals surface area contributed by atoms with E-state index in [-0.39, 0.29) is 5.92 Å². The van der Waals surface area contributed by atoms with Crippen LogP contribution in [0.5, 0.6) is 0 Å². The fraction of sp³-hybridized carbons (Fsp3) is 0.455. The van der Waals surface area contributed by atoms with Gasteiger partial charge in [0, 0.05) is 11.1 Å². The van der Waals surface area contributed by atoms with Gasteiger partial charge in [0.25, 0.3) is 0 Å². The Hall–Kier alpha value is -1.23. The van der Waals surface area contributed by atoms with E-state index >= 15 is 0 Å². The Labute approximate surface area is 98.3 Å². The number of hydrogen-bond donors (Lipinski definition) is 2. The van der Waals surface area contributed by atoms with E-state index in [1.54, 1.807) is 19.2 Å². The summed E-state index contributed by atoms with van der Waals surface area (Å²) in [7, 11) is 0. The van der Waals surface area contributed by atoms with Gasteiger partial charge >= 0.3 is 5.97 Å². The zero-order valence-corrected chi connectivity index (χ0v) is 9.83. The maximum Gasteiger partial charge on any atom is 0.320 e. The Balaban J connectivity index is 2.17. The van der Waals surface area contributed by atoms with Crippen molar-refractivity contribution >= 4 is 23.5 Å². The largest absolute Gasteiger partial charge is 0.480 e. The number of anilines is 1. The number of carboxylic acids is 1. The highest BCUT2D eigenvalue weighted by molar-refractivity contribution is 8.01. The summed E-state index contributed by atoms with van der Waals surface area (Å²) in [6.45, 7) is 1.79. The van der Waals surface area contributed by atoms with Crippen LogP contribution in [-0.2, 0) is 4.79 Å². The van der Waals surface area contributed by atoms with Crippen LogP contribution in [0, 0.1) is 5.92 Å². The molecule has 0 aromatic carbocycles. The molecule has 0 radical (unpaired) electrons. The molecule has 1 heterocycles. The zero-order valence-electron chi connectivity index (χ0n) is 9.01. The van der Waals surface area contributed by atoms with Crippen molar-refractivity contribution < 1.29 is 9.90 Å². The van der Waals surface area contributed by atoms with Crippen LogP contribution < -0.4 is 5.73 Å². The molecule has 1 fully saturated rings. The number of nitrogens with two attached hydrogens (primary N) is 1. The van der Waals surface area contributed by atoms with E-state index in [0.29, 0.717) is 5.82 Å². The number of aliphatic carboxylic acids is 1. The highest BCUT2D eigenvalue weighted by Gasteiger charge is 2.48. The average Bonchev–Trinajstić information content (AvgIpc) is 3.04. The number of thioether (sulfide) groups is 1. The van der Waals surface area contributed by atoms with Gasteiger partial charge in [-0.2, -0.15) is 0 Å². The molecule has 1 aliphatic rings. The van der Waals surface area contributed by atoms with Gasteiger partial charge in [-0.15, -0.1) is 11.8 Å². The van der Waals surface area contributed by atoms with Crippen molar-refractivity contribution in [2.45, 2.75) is 29.4 Å². The van der Waals surface area contributed by atoms with Crippen LogP contribution >= 0.6 is 11.8 Å². The Morgan fingerprint density at radius 2 is 2.31 bits per heavy atom. The monoisotopic (exact) mass is 238 g/mol. The van der Waals surface area contributed by atoms with Crippen LogP contribution in [0.2, 0.25) is 0 Å². The Morgan fingerprint density at radius 3 is 2.75 bits per heavy atom. The molecule has 0 spiro atoms. The molecular weight excluding hydrogens is 224 g/mol. The van der Waals surface area contributed by atoms with Crippen molar-refractivity contribution in [3.63, 3.8) is 0 Å². The van der Waals surface area contributed by atoms with Gasteiger partial charge in [-0.05, 0) is 37.8 Å². The summed E-state index contributed by atoms with van der Waals surface area (Å²) in [5.41, 5.74) is 5.49. The Bertz CT molecular complexity index is 403. The normalized spacial score (nSPS) is 19.1. The molecular formula is C11H14N2O2S. The molecule has 4 nitrogen and oxygen atoms in total. The lowest BCUT2D eigenvalue weighted by atomic mass is 10.1. The minimum Gasteiger partial charge on any atom is -0.480 e. The first-order valence-corrected chi connectivity index (χ1v) is 5.98. The predicted molar refractivity (Wildman–Crippen MR) is 63.3 cm³/mol. The first-order chi connectivity index (χ1) is 7.52. The lowest BCUT2D eigenvalue weighted by Gasteiger charge is -2.23. The van der Waals surface area contributed by atoms with Crippen LogP contribution in [0.3, 0.4) is 0 Å². The van der Waals surface area contributed by atoms with Crippen LogP contribution in [0.1, 0.15) is 19.8 Å². The summed E-state index contributed by atoms with van der Waals surface area (Å²) >= 11 is 1.36. The summed E-state index contributed by atoms with van der Waals surface area (Å²) in [6.07, 6.45) is 3.62. The third-order valence-corrected chi connectivity index (χ3v) is 4.28. The number of carbonyl (C=O) groups is 1. The number of carboxylic acid groups (broad SMARTS) is 1. The van der Waals surface area contributed by atoms with Gasteiger partial charge in [0.15, 0.2) is 0 Å². The fourth-order valence-corrected chi connectivity index (χ4v) is 2.85. The molecule has 5 heteroatoms. The van der Waals surface area contributed by atoms with E-state index in [9.17, 15) is 9.90 Å². The number of aromatic nitrogens is 1. The first kappa shape index (κ1) is 11.3.